The van der Waals surface area contributed by atoms with Crippen molar-refractivity contribution in [3.8, 4) is 11.5 Å². The number of sulfonamides is 1. The highest BCUT2D eigenvalue weighted by atomic mass is 32.2. The number of rotatable bonds is 10. The molecule has 0 aliphatic heterocycles. The molecule has 192 valence electrons. The van der Waals surface area contributed by atoms with Crippen LogP contribution in [0.2, 0.25) is 0 Å². The summed E-state index contributed by atoms with van der Waals surface area (Å²) >= 11 is 0. The molecule has 0 aliphatic carbocycles. The van der Waals surface area contributed by atoms with Crippen LogP contribution < -0.4 is 19.5 Å². The first-order valence-corrected chi connectivity index (χ1v) is 12.1. The lowest BCUT2D eigenvalue weighted by molar-refractivity contribution is -0.274. The third-order valence-corrected chi connectivity index (χ3v) is 6.24. The maximum absolute atomic E-state index is 13.0. The second kappa shape index (κ2) is 11.3. The highest BCUT2D eigenvalue weighted by Crippen LogP contribution is 2.31. The molecule has 8 nitrogen and oxygen atoms in total. The average molecular weight is 525 g/mol. The Morgan fingerprint density at radius 3 is 2.36 bits per heavy atom. The van der Waals surface area contributed by atoms with Gasteiger partial charge in [0.25, 0.3) is 10.0 Å². The molecule has 0 saturated carbocycles. The van der Waals surface area contributed by atoms with E-state index >= 15 is 0 Å². The van der Waals surface area contributed by atoms with E-state index in [0.717, 1.165) is 12.1 Å². The number of amides is 1. The summed E-state index contributed by atoms with van der Waals surface area (Å²) in [7, 11) is -4.30. The maximum Gasteiger partial charge on any atom is 0.573 e. The van der Waals surface area contributed by atoms with Crippen molar-refractivity contribution >= 4 is 27.3 Å². The van der Waals surface area contributed by atoms with Gasteiger partial charge < -0.3 is 19.9 Å². The summed E-state index contributed by atoms with van der Waals surface area (Å²) < 4.78 is 74.9. The third-order valence-electron chi connectivity index (χ3n) is 4.82. The van der Waals surface area contributed by atoms with Crippen LogP contribution in [0.1, 0.15) is 18.4 Å². The number of carbonyl (C=O) groups is 1. The van der Waals surface area contributed by atoms with E-state index in [2.05, 4.69) is 14.8 Å². The number of alkyl halides is 3. The van der Waals surface area contributed by atoms with Crippen LogP contribution in [0.25, 0.3) is 0 Å². The number of hydrogen-bond acceptors (Lipinski definition) is 6. The van der Waals surface area contributed by atoms with Crippen LogP contribution in [-0.2, 0) is 14.8 Å². The predicted octanol–water partition coefficient (Wildman–Crippen LogP) is 4.50. The van der Waals surface area contributed by atoms with Gasteiger partial charge in [0.1, 0.15) is 16.4 Å². The summed E-state index contributed by atoms with van der Waals surface area (Å²) in [4.78, 5) is 12.4. The van der Waals surface area contributed by atoms with E-state index in [-0.39, 0.29) is 28.6 Å². The second-order valence-electron chi connectivity index (χ2n) is 7.41. The number of ether oxygens (including phenoxy) is 2. The highest BCUT2D eigenvalue weighted by Gasteiger charge is 2.31. The number of carbonyl (C=O) groups excluding carboxylic acids is 1. The summed E-state index contributed by atoms with van der Waals surface area (Å²) in [6.45, 7) is 1.28. The van der Waals surface area contributed by atoms with Crippen LogP contribution in [0.3, 0.4) is 0 Å². The van der Waals surface area contributed by atoms with Crippen LogP contribution in [0.5, 0.6) is 11.5 Å². The van der Waals surface area contributed by atoms with Crippen molar-refractivity contribution < 1.29 is 41.0 Å². The van der Waals surface area contributed by atoms with E-state index in [4.69, 9.17) is 4.74 Å². The lowest BCUT2D eigenvalue weighted by Crippen LogP contribution is -2.24. The molecule has 3 aromatic rings. The Hall–Kier alpha value is -3.77. The highest BCUT2D eigenvalue weighted by molar-refractivity contribution is 7.92. The maximum atomic E-state index is 13.0. The lowest BCUT2D eigenvalue weighted by Gasteiger charge is -2.17. The number of benzene rings is 3. The van der Waals surface area contributed by atoms with Gasteiger partial charge in [0, 0.05) is 17.8 Å². The van der Waals surface area contributed by atoms with Gasteiger partial charge in [-0.1, -0.05) is 36.4 Å². The molecule has 0 saturated heterocycles. The minimum atomic E-state index is -4.94. The van der Waals surface area contributed by atoms with Gasteiger partial charge in [0.15, 0.2) is 0 Å². The summed E-state index contributed by atoms with van der Waals surface area (Å²) in [5, 5.41) is 12.3. The van der Waals surface area contributed by atoms with Crippen LogP contribution in [0, 0.1) is 0 Å². The molecule has 0 fully saturated rings. The molecule has 0 bridgehead atoms. The fourth-order valence-electron chi connectivity index (χ4n) is 3.30. The summed E-state index contributed by atoms with van der Waals surface area (Å²) in [5.74, 6) is -2.05. The zero-order valence-corrected chi connectivity index (χ0v) is 19.8. The number of aliphatic hydroxyl groups is 1. The predicted molar refractivity (Wildman–Crippen MR) is 126 cm³/mol. The SMILES string of the molecule is CCOc1cc(NC(=O)C(CO)c2ccccc2)ccc1S(=O)(=O)Nc1cccc(OC(F)(F)F)c1. The largest absolute Gasteiger partial charge is 0.573 e. The van der Waals surface area contributed by atoms with Gasteiger partial charge in [-0.2, -0.15) is 0 Å². The van der Waals surface area contributed by atoms with E-state index in [0.29, 0.717) is 5.56 Å². The van der Waals surface area contributed by atoms with Crippen molar-refractivity contribution in [2.24, 2.45) is 0 Å². The standard InChI is InChI=1S/C24H23F3N2O6S/c1-2-34-21-14-17(28-23(31)20(15-30)16-7-4-3-5-8-16)11-12-22(21)36(32,33)29-18-9-6-10-19(13-18)35-24(25,26)27/h3-14,20,29-30H,2,15H2,1H3,(H,28,31). The van der Waals surface area contributed by atoms with Gasteiger partial charge in [-0.05, 0) is 36.8 Å². The monoisotopic (exact) mass is 524 g/mol. The Kier molecular flexibility index (Phi) is 8.43. The first-order valence-electron chi connectivity index (χ1n) is 10.6. The van der Waals surface area contributed by atoms with E-state index in [1.54, 1.807) is 37.3 Å². The fraction of sp³-hybridized carbons (Fsp3) is 0.208. The normalized spacial score (nSPS) is 12.5. The molecule has 1 amide bonds. The molecule has 3 N–H and O–H groups in total. The smallest absolute Gasteiger partial charge is 0.492 e. The molecule has 0 aliphatic rings. The number of aliphatic hydroxyl groups excluding tert-OH is 1. The van der Waals surface area contributed by atoms with Crippen LogP contribution in [0.15, 0.2) is 77.7 Å². The van der Waals surface area contributed by atoms with Gasteiger partial charge in [-0.3, -0.25) is 9.52 Å². The molecule has 3 rings (SSSR count). The Labute approximate surface area is 205 Å². The van der Waals surface area contributed by atoms with Crippen molar-refractivity contribution in [1.29, 1.82) is 0 Å². The van der Waals surface area contributed by atoms with Crippen molar-refractivity contribution in [2.75, 3.05) is 23.3 Å². The molecule has 36 heavy (non-hydrogen) atoms. The molecular formula is C24H23F3N2O6S. The van der Waals surface area contributed by atoms with E-state index in [9.17, 15) is 31.5 Å². The van der Waals surface area contributed by atoms with Gasteiger partial charge in [-0.25, -0.2) is 8.42 Å². The van der Waals surface area contributed by atoms with E-state index in [1.165, 1.54) is 30.3 Å². The number of anilines is 2. The molecule has 3 aromatic carbocycles. The minimum Gasteiger partial charge on any atom is -0.492 e. The first-order chi connectivity index (χ1) is 17.0. The van der Waals surface area contributed by atoms with E-state index in [1.807, 2.05) is 0 Å². The summed E-state index contributed by atoms with van der Waals surface area (Å²) in [6.07, 6.45) is -4.94. The Bertz CT molecular complexity index is 1300. The molecule has 1 atom stereocenters. The van der Waals surface area contributed by atoms with Gasteiger partial charge in [0.2, 0.25) is 5.91 Å². The zero-order valence-electron chi connectivity index (χ0n) is 19.0. The van der Waals surface area contributed by atoms with Crippen LogP contribution >= 0.6 is 0 Å². The lowest BCUT2D eigenvalue weighted by atomic mass is 9.99. The quantitative estimate of drug-likeness (QED) is 0.360. The zero-order chi connectivity index (χ0) is 26.3. The Morgan fingerprint density at radius 1 is 1.00 bits per heavy atom. The number of halogens is 3. The molecule has 0 aromatic heterocycles. The minimum absolute atomic E-state index is 0.0919. The van der Waals surface area contributed by atoms with Gasteiger partial charge in [0.05, 0.1) is 24.8 Å². The molecule has 0 heterocycles. The Balaban J connectivity index is 1.84. The number of nitrogens with one attached hydrogen (secondary N) is 2. The van der Waals surface area contributed by atoms with Crippen molar-refractivity contribution in [3.63, 3.8) is 0 Å². The fourth-order valence-corrected chi connectivity index (χ4v) is 4.47. The van der Waals surface area contributed by atoms with Crippen LogP contribution in [0.4, 0.5) is 24.5 Å². The average Bonchev–Trinajstić information content (AvgIpc) is 2.79. The molecule has 12 heteroatoms. The first kappa shape index (κ1) is 26.8. The van der Waals surface area contributed by atoms with Gasteiger partial charge >= 0.3 is 6.36 Å². The molecular weight excluding hydrogens is 501 g/mol. The molecule has 0 spiro atoms. The van der Waals surface area contributed by atoms with Crippen LogP contribution in [-0.4, -0.2) is 39.0 Å². The second-order valence-corrected chi connectivity index (χ2v) is 9.06. The van der Waals surface area contributed by atoms with Crippen molar-refractivity contribution in [2.45, 2.75) is 24.1 Å². The Morgan fingerprint density at radius 2 is 1.72 bits per heavy atom. The summed E-state index contributed by atoms with van der Waals surface area (Å²) in [5.41, 5.74) is 0.658. The third kappa shape index (κ3) is 7.12. The topological polar surface area (TPSA) is 114 Å². The summed E-state index contributed by atoms with van der Waals surface area (Å²) in [6, 6.07) is 16.8. The van der Waals surface area contributed by atoms with E-state index < -0.39 is 40.6 Å². The molecule has 1 unspecified atom stereocenters. The van der Waals surface area contributed by atoms with Gasteiger partial charge in [-0.15, -0.1) is 13.2 Å². The van der Waals surface area contributed by atoms with Crippen molar-refractivity contribution in [1.82, 2.24) is 0 Å². The number of hydrogen-bond donors (Lipinski definition) is 3. The molecule has 0 radical (unpaired) electrons. The van der Waals surface area contributed by atoms with Crippen molar-refractivity contribution in [3.05, 3.63) is 78.4 Å².